The summed E-state index contributed by atoms with van der Waals surface area (Å²) < 4.78 is 1.53. The number of aromatic nitrogens is 3. The number of carboxylic acid groups (broad SMARTS) is 1. The monoisotopic (exact) mass is 254 g/mol. The van der Waals surface area contributed by atoms with Gasteiger partial charge in [-0.3, -0.25) is 0 Å². The summed E-state index contributed by atoms with van der Waals surface area (Å²) in [6.45, 7) is 0. The predicted molar refractivity (Wildman–Crippen MR) is 69.8 cm³/mol. The van der Waals surface area contributed by atoms with E-state index in [1.54, 1.807) is 36.5 Å². The molecule has 1 aromatic carbocycles. The lowest BCUT2D eigenvalue weighted by Crippen LogP contribution is -1.99. The van der Waals surface area contributed by atoms with Gasteiger partial charge < -0.3 is 10.8 Å². The van der Waals surface area contributed by atoms with Crippen molar-refractivity contribution in [1.82, 2.24) is 14.6 Å². The van der Waals surface area contributed by atoms with Crippen molar-refractivity contribution in [2.45, 2.75) is 0 Å². The first-order valence-electron chi connectivity index (χ1n) is 5.60. The van der Waals surface area contributed by atoms with E-state index in [2.05, 4.69) is 10.1 Å². The molecule has 3 N–H and O–H groups in total. The van der Waals surface area contributed by atoms with Gasteiger partial charge in [-0.25, -0.2) is 14.3 Å². The number of nitrogen functional groups attached to an aromatic ring is 1. The zero-order valence-electron chi connectivity index (χ0n) is 9.82. The molecule has 0 saturated carbocycles. The number of pyridine rings is 1. The minimum atomic E-state index is -1.01. The van der Waals surface area contributed by atoms with Gasteiger partial charge in [0.2, 0.25) is 0 Å². The molecule has 0 amide bonds. The van der Waals surface area contributed by atoms with E-state index in [-0.39, 0.29) is 5.56 Å². The minimum absolute atomic E-state index is 0.164. The molecule has 6 heteroatoms. The van der Waals surface area contributed by atoms with Gasteiger partial charge in [0, 0.05) is 11.8 Å². The lowest BCUT2D eigenvalue weighted by Gasteiger charge is -2.00. The first-order valence-corrected chi connectivity index (χ1v) is 5.60. The molecule has 2 heterocycles. The Morgan fingerprint density at radius 3 is 2.74 bits per heavy atom. The van der Waals surface area contributed by atoms with Crippen LogP contribution in [0.4, 0.5) is 5.69 Å². The Labute approximate surface area is 108 Å². The molecule has 0 aliphatic heterocycles. The number of anilines is 1. The maximum Gasteiger partial charge on any atom is 0.336 e. The van der Waals surface area contributed by atoms with Gasteiger partial charge in [0.1, 0.15) is 0 Å². The zero-order valence-corrected chi connectivity index (χ0v) is 9.82. The van der Waals surface area contributed by atoms with Crippen LogP contribution in [0, 0.1) is 0 Å². The van der Waals surface area contributed by atoms with Gasteiger partial charge in [-0.15, -0.1) is 5.10 Å². The van der Waals surface area contributed by atoms with Crippen LogP contribution in [-0.4, -0.2) is 25.7 Å². The molecular weight excluding hydrogens is 244 g/mol. The highest BCUT2D eigenvalue weighted by molar-refractivity contribution is 5.95. The van der Waals surface area contributed by atoms with Crippen LogP contribution in [-0.2, 0) is 0 Å². The molecule has 0 radical (unpaired) electrons. The maximum absolute atomic E-state index is 11.2. The summed E-state index contributed by atoms with van der Waals surface area (Å²) in [5.41, 5.74) is 7.45. The van der Waals surface area contributed by atoms with E-state index < -0.39 is 5.97 Å². The van der Waals surface area contributed by atoms with E-state index in [1.165, 1.54) is 10.6 Å². The van der Waals surface area contributed by atoms with E-state index in [1.807, 2.05) is 0 Å². The SMILES string of the molecule is Nc1cccn2nc(-c3ccccc3C(=O)O)nc12. The lowest BCUT2D eigenvalue weighted by atomic mass is 10.1. The second-order valence-corrected chi connectivity index (χ2v) is 4.02. The first-order chi connectivity index (χ1) is 9.16. The van der Waals surface area contributed by atoms with Crippen LogP contribution < -0.4 is 5.73 Å². The number of carboxylic acids is 1. The first kappa shape index (κ1) is 11.2. The van der Waals surface area contributed by atoms with Gasteiger partial charge in [-0.2, -0.15) is 0 Å². The highest BCUT2D eigenvalue weighted by Crippen LogP contribution is 2.22. The van der Waals surface area contributed by atoms with Crippen LogP contribution in [0.2, 0.25) is 0 Å². The number of aromatic carboxylic acids is 1. The number of hydrogen-bond donors (Lipinski definition) is 2. The van der Waals surface area contributed by atoms with Gasteiger partial charge in [-0.05, 0) is 18.2 Å². The molecule has 3 aromatic rings. The fourth-order valence-electron chi connectivity index (χ4n) is 1.91. The molecular formula is C13H10N4O2. The van der Waals surface area contributed by atoms with Crippen molar-refractivity contribution in [3.8, 4) is 11.4 Å². The second kappa shape index (κ2) is 4.09. The van der Waals surface area contributed by atoms with Gasteiger partial charge in [0.05, 0.1) is 11.3 Å². The van der Waals surface area contributed by atoms with Gasteiger partial charge in [0.25, 0.3) is 0 Å². The van der Waals surface area contributed by atoms with Crippen LogP contribution in [0.3, 0.4) is 0 Å². The Kier molecular flexibility index (Phi) is 2.42. The molecule has 0 saturated heterocycles. The highest BCUT2D eigenvalue weighted by atomic mass is 16.4. The van der Waals surface area contributed by atoms with Crippen LogP contribution >= 0.6 is 0 Å². The predicted octanol–water partition coefficient (Wildman–Crippen LogP) is 1.68. The van der Waals surface area contributed by atoms with Crippen molar-refractivity contribution in [2.75, 3.05) is 5.73 Å². The van der Waals surface area contributed by atoms with Crippen molar-refractivity contribution in [1.29, 1.82) is 0 Å². The minimum Gasteiger partial charge on any atom is -0.478 e. The van der Waals surface area contributed by atoms with E-state index in [0.29, 0.717) is 22.7 Å². The third-order valence-corrected chi connectivity index (χ3v) is 2.79. The number of benzene rings is 1. The normalized spacial score (nSPS) is 10.7. The molecule has 19 heavy (non-hydrogen) atoms. The number of nitrogens with two attached hydrogens (primary N) is 1. The van der Waals surface area contributed by atoms with Crippen molar-refractivity contribution in [3.63, 3.8) is 0 Å². The Morgan fingerprint density at radius 2 is 2.00 bits per heavy atom. The third-order valence-electron chi connectivity index (χ3n) is 2.79. The Hall–Kier alpha value is -2.89. The summed E-state index contributed by atoms with van der Waals surface area (Å²) in [5.74, 6) is -0.668. The fourth-order valence-corrected chi connectivity index (χ4v) is 1.91. The van der Waals surface area contributed by atoms with Gasteiger partial charge in [-0.1, -0.05) is 18.2 Å². The van der Waals surface area contributed by atoms with Crippen molar-refractivity contribution in [2.24, 2.45) is 0 Å². The van der Waals surface area contributed by atoms with Crippen molar-refractivity contribution in [3.05, 3.63) is 48.2 Å². The number of carbonyl (C=O) groups is 1. The molecule has 6 nitrogen and oxygen atoms in total. The van der Waals surface area contributed by atoms with Crippen molar-refractivity contribution >= 4 is 17.3 Å². The molecule has 3 rings (SSSR count). The van der Waals surface area contributed by atoms with Crippen molar-refractivity contribution < 1.29 is 9.90 Å². The molecule has 0 aliphatic rings. The van der Waals surface area contributed by atoms with E-state index in [9.17, 15) is 4.79 Å². The summed E-state index contributed by atoms with van der Waals surface area (Å²) in [5, 5.41) is 13.4. The van der Waals surface area contributed by atoms with Gasteiger partial charge in [0.15, 0.2) is 11.5 Å². The average molecular weight is 254 g/mol. The summed E-state index contributed by atoms with van der Waals surface area (Å²) in [7, 11) is 0. The zero-order chi connectivity index (χ0) is 13.4. The quantitative estimate of drug-likeness (QED) is 0.725. The van der Waals surface area contributed by atoms with E-state index >= 15 is 0 Å². The highest BCUT2D eigenvalue weighted by Gasteiger charge is 2.15. The van der Waals surface area contributed by atoms with Crippen LogP contribution in [0.15, 0.2) is 42.6 Å². The molecule has 0 atom stereocenters. The summed E-state index contributed by atoms with van der Waals surface area (Å²) in [6.07, 6.45) is 1.71. The molecule has 0 unspecified atom stereocenters. The fraction of sp³-hybridized carbons (Fsp3) is 0. The van der Waals surface area contributed by atoms with Crippen LogP contribution in [0.25, 0.3) is 17.0 Å². The van der Waals surface area contributed by atoms with E-state index in [4.69, 9.17) is 10.8 Å². The summed E-state index contributed by atoms with van der Waals surface area (Å²) in [4.78, 5) is 15.5. The molecule has 0 aliphatic carbocycles. The molecule has 2 aromatic heterocycles. The third kappa shape index (κ3) is 1.79. The number of nitrogens with zero attached hydrogens (tertiary/aromatic N) is 3. The van der Waals surface area contributed by atoms with Gasteiger partial charge >= 0.3 is 5.97 Å². The summed E-state index contributed by atoms with van der Waals surface area (Å²) >= 11 is 0. The molecule has 94 valence electrons. The topological polar surface area (TPSA) is 93.5 Å². The Balaban J connectivity index is 2.25. The number of fused-ring (bicyclic) bond motifs is 1. The number of rotatable bonds is 2. The molecule has 0 fully saturated rings. The maximum atomic E-state index is 11.2. The standard InChI is InChI=1S/C13H10N4O2/c14-10-6-3-7-17-12(10)15-11(16-17)8-4-1-2-5-9(8)13(18)19/h1-7H,14H2,(H,18,19). The molecule has 0 bridgehead atoms. The van der Waals surface area contributed by atoms with E-state index in [0.717, 1.165) is 0 Å². The molecule has 0 spiro atoms. The van der Waals surface area contributed by atoms with Crippen LogP contribution in [0.1, 0.15) is 10.4 Å². The number of hydrogen-bond acceptors (Lipinski definition) is 4. The van der Waals surface area contributed by atoms with Crippen LogP contribution in [0.5, 0.6) is 0 Å². The largest absolute Gasteiger partial charge is 0.478 e. The Bertz CT molecular complexity index is 779. The smallest absolute Gasteiger partial charge is 0.336 e. The average Bonchev–Trinajstić information content (AvgIpc) is 2.84. The second-order valence-electron chi connectivity index (χ2n) is 4.02. The lowest BCUT2D eigenvalue weighted by molar-refractivity contribution is 0.0697. The Morgan fingerprint density at radius 1 is 1.21 bits per heavy atom. The summed E-state index contributed by atoms with van der Waals surface area (Å²) in [6, 6.07) is 10.1.